The normalized spacial score (nSPS) is 24.3. The number of aromatic hydroxyl groups is 4. The largest absolute Gasteiger partial charge is 0.508 e. The first kappa shape index (κ1) is 18.8. The number of phenols is 4. The molecule has 2 unspecified atom stereocenters. The molecule has 1 aliphatic rings. The molecule has 1 fully saturated rings. The van der Waals surface area contributed by atoms with E-state index < -0.39 is 30.0 Å². The Morgan fingerprint density at radius 2 is 1.33 bits per heavy atom. The monoisotopic (exact) mass is 375 g/mol. The van der Waals surface area contributed by atoms with Gasteiger partial charge < -0.3 is 36.0 Å². The van der Waals surface area contributed by atoms with E-state index in [1.807, 2.05) is 0 Å². The zero-order valence-corrected chi connectivity index (χ0v) is 14.7. The van der Waals surface area contributed by atoms with Gasteiger partial charge in [-0.3, -0.25) is 4.79 Å². The van der Waals surface area contributed by atoms with Crippen molar-refractivity contribution in [2.24, 2.45) is 0 Å². The maximum atomic E-state index is 11.4. The van der Waals surface area contributed by atoms with Gasteiger partial charge in [-0.1, -0.05) is 0 Å². The first-order valence-corrected chi connectivity index (χ1v) is 8.34. The summed E-state index contributed by atoms with van der Waals surface area (Å²) in [6.45, 7) is 2.88. The molecule has 3 rings (SSSR count). The zero-order chi connectivity index (χ0) is 20.0. The maximum absolute atomic E-state index is 11.4. The minimum Gasteiger partial charge on any atom is -0.508 e. The van der Waals surface area contributed by atoms with E-state index in [9.17, 15) is 35.4 Å². The van der Waals surface area contributed by atoms with Gasteiger partial charge >= 0.3 is 0 Å². The molecule has 0 heterocycles. The van der Waals surface area contributed by atoms with Crippen LogP contribution >= 0.6 is 0 Å². The number of hydrogen-bond donors (Lipinski definition) is 7. The number of amides is 1. The number of phenolic OH excluding ortho intramolecular Hbond substituents is 4. The van der Waals surface area contributed by atoms with Crippen LogP contribution in [0.2, 0.25) is 0 Å². The molecule has 2 atom stereocenters. The second-order valence-electron chi connectivity index (χ2n) is 6.84. The highest BCUT2D eigenvalue weighted by molar-refractivity contribution is 5.90. The van der Waals surface area contributed by atoms with Crippen LogP contribution in [-0.2, 0) is 4.79 Å². The molecular weight excluding hydrogens is 354 g/mol. The van der Waals surface area contributed by atoms with E-state index in [1.54, 1.807) is 6.92 Å². The number of aliphatic hydroxyl groups excluding tert-OH is 2. The Balaban J connectivity index is 2.02. The van der Waals surface area contributed by atoms with Crippen molar-refractivity contribution < 1.29 is 35.4 Å². The number of hydrogen-bond acceptors (Lipinski definition) is 7. The topological polar surface area (TPSA) is 150 Å². The first-order chi connectivity index (χ1) is 12.6. The number of anilines is 1. The van der Waals surface area contributed by atoms with Gasteiger partial charge in [-0.15, -0.1) is 0 Å². The SMILES string of the molecule is CC(=O)Nc1cc(O)cc(O)c1C1C(O)C(c2c(C)cc(O)cc2O)C1O. The van der Waals surface area contributed by atoms with Crippen molar-refractivity contribution in [3.05, 3.63) is 41.0 Å². The molecule has 1 amide bonds. The molecular formula is C19H21NO7. The van der Waals surface area contributed by atoms with E-state index in [-0.39, 0.29) is 34.2 Å². The molecule has 0 spiro atoms. The van der Waals surface area contributed by atoms with Crippen LogP contribution in [0.1, 0.15) is 35.4 Å². The Hall–Kier alpha value is -2.97. The van der Waals surface area contributed by atoms with Gasteiger partial charge in [-0.05, 0) is 18.6 Å². The van der Waals surface area contributed by atoms with E-state index in [1.165, 1.54) is 19.1 Å². The third kappa shape index (κ3) is 3.13. The van der Waals surface area contributed by atoms with Crippen LogP contribution in [0.4, 0.5) is 5.69 Å². The smallest absolute Gasteiger partial charge is 0.221 e. The number of carbonyl (C=O) groups is 1. The molecule has 1 aliphatic carbocycles. The summed E-state index contributed by atoms with van der Waals surface area (Å²) in [5, 5.41) is 63.5. The van der Waals surface area contributed by atoms with Gasteiger partial charge in [0.1, 0.15) is 23.0 Å². The van der Waals surface area contributed by atoms with Crippen molar-refractivity contribution >= 4 is 11.6 Å². The van der Waals surface area contributed by atoms with Crippen molar-refractivity contribution in [2.45, 2.75) is 37.9 Å². The number of benzene rings is 2. The minimum absolute atomic E-state index is 0.0770. The minimum atomic E-state index is -1.18. The Labute approximate surface area is 155 Å². The van der Waals surface area contributed by atoms with Crippen molar-refractivity contribution in [1.29, 1.82) is 0 Å². The highest BCUT2D eigenvalue weighted by Gasteiger charge is 2.53. The van der Waals surface area contributed by atoms with E-state index in [2.05, 4.69) is 5.32 Å². The van der Waals surface area contributed by atoms with Crippen LogP contribution < -0.4 is 5.32 Å². The Kier molecular flexibility index (Phi) is 4.63. The second-order valence-corrected chi connectivity index (χ2v) is 6.84. The maximum Gasteiger partial charge on any atom is 0.221 e. The van der Waals surface area contributed by atoms with Crippen molar-refractivity contribution in [3.63, 3.8) is 0 Å². The fourth-order valence-electron chi connectivity index (χ4n) is 3.85. The van der Waals surface area contributed by atoms with Gasteiger partial charge in [0.05, 0.1) is 17.9 Å². The fourth-order valence-corrected chi connectivity index (χ4v) is 3.85. The molecule has 144 valence electrons. The molecule has 8 nitrogen and oxygen atoms in total. The van der Waals surface area contributed by atoms with Crippen LogP contribution in [0.3, 0.4) is 0 Å². The second kappa shape index (κ2) is 6.64. The molecule has 27 heavy (non-hydrogen) atoms. The molecule has 0 radical (unpaired) electrons. The summed E-state index contributed by atoms with van der Waals surface area (Å²) < 4.78 is 0. The third-order valence-corrected chi connectivity index (χ3v) is 4.94. The highest BCUT2D eigenvalue weighted by Crippen LogP contribution is 2.55. The molecule has 0 saturated heterocycles. The highest BCUT2D eigenvalue weighted by atomic mass is 16.3. The van der Waals surface area contributed by atoms with Gasteiger partial charge in [0, 0.05) is 48.1 Å². The number of rotatable bonds is 3. The van der Waals surface area contributed by atoms with Gasteiger partial charge in [0.2, 0.25) is 5.91 Å². The molecule has 0 aliphatic heterocycles. The molecule has 2 aromatic rings. The number of aliphatic hydroxyl groups is 2. The summed E-state index contributed by atoms with van der Waals surface area (Å²) in [7, 11) is 0. The summed E-state index contributed by atoms with van der Waals surface area (Å²) in [6.07, 6.45) is -2.37. The van der Waals surface area contributed by atoms with Gasteiger partial charge in [0.15, 0.2) is 0 Å². The Bertz CT molecular complexity index is 878. The van der Waals surface area contributed by atoms with Gasteiger partial charge in [-0.2, -0.15) is 0 Å². The summed E-state index contributed by atoms with van der Waals surface area (Å²) in [5.74, 6) is -3.32. The predicted octanol–water partition coefficient (Wildman–Crippen LogP) is 1.38. The van der Waals surface area contributed by atoms with Crippen LogP contribution in [0.5, 0.6) is 23.0 Å². The first-order valence-electron chi connectivity index (χ1n) is 8.34. The molecule has 7 N–H and O–H groups in total. The summed E-state index contributed by atoms with van der Waals surface area (Å²) >= 11 is 0. The number of carbonyl (C=O) groups excluding carboxylic acids is 1. The zero-order valence-electron chi connectivity index (χ0n) is 14.7. The number of aryl methyl sites for hydroxylation is 1. The number of nitrogens with one attached hydrogen (secondary N) is 1. The lowest BCUT2D eigenvalue weighted by Crippen LogP contribution is -2.52. The average Bonchev–Trinajstić information content (AvgIpc) is 2.53. The van der Waals surface area contributed by atoms with Crippen LogP contribution in [0.15, 0.2) is 24.3 Å². The summed E-state index contributed by atoms with van der Waals surface area (Å²) in [6, 6.07) is 4.79. The quantitative estimate of drug-likeness (QED) is 0.428. The molecule has 0 aromatic heterocycles. The lowest BCUT2D eigenvalue weighted by molar-refractivity contribution is -0.114. The van der Waals surface area contributed by atoms with Crippen molar-refractivity contribution in [1.82, 2.24) is 0 Å². The van der Waals surface area contributed by atoms with Crippen LogP contribution in [-0.4, -0.2) is 48.8 Å². The van der Waals surface area contributed by atoms with Gasteiger partial charge in [-0.25, -0.2) is 0 Å². The predicted molar refractivity (Wildman–Crippen MR) is 96.1 cm³/mol. The Morgan fingerprint density at radius 1 is 0.852 bits per heavy atom. The lowest BCUT2D eigenvalue weighted by atomic mass is 9.62. The van der Waals surface area contributed by atoms with E-state index in [0.29, 0.717) is 11.1 Å². The molecule has 0 bridgehead atoms. The van der Waals surface area contributed by atoms with E-state index >= 15 is 0 Å². The van der Waals surface area contributed by atoms with E-state index in [4.69, 9.17) is 0 Å². The fraction of sp³-hybridized carbons (Fsp3) is 0.316. The van der Waals surface area contributed by atoms with Crippen LogP contribution in [0.25, 0.3) is 0 Å². The molecule has 8 heteroatoms. The third-order valence-electron chi connectivity index (χ3n) is 4.94. The summed E-state index contributed by atoms with van der Waals surface area (Å²) in [5.41, 5.74) is 0.956. The standard InChI is InChI=1S/C19H21NO7/c1-7-3-9(22)5-12(24)14(7)16-18(26)17(19(16)27)15-11(20-8(2)21)4-10(23)6-13(15)25/h3-6,16-19,22-27H,1-2H3,(H,20,21). The van der Waals surface area contributed by atoms with Crippen LogP contribution in [0, 0.1) is 6.92 Å². The lowest BCUT2D eigenvalue weighted by Gasteiger charge is -2.48. The molecule has 1 saturated carbocycles. The van der Waals surface area contributed by atoms with Crippen molar-refractivity contribution in [2.75, 3.05) is 5.32 Å². The average molecular weight is 375 g/mol. The Morgan fingerprint density at radius 3 is 1.85 bits per heavy atom. The molecule has 2 aromatic carbocycles. The van der Waals surface area contributed by atoms with E-state index in [0.717, 1.165) is 12.1 Å². The summed E-state index contributed by atoms with van der Waals surface area (Å²) in [4.78, 5) is 11.4. The van der Waals surface area contributed by atoms with Gasteiger partial charge in [0.25, 0.3) is 0 Å². The van der Waals surface area contributed by atoms with Crippen molar-refractivity contribution in [3.8, 4) is 23.0 Å².